The topological polar surface area (TPSA) is 94.1 Å². The summed E-state index contributed by atoms with van der Waals surface area (Å²) in [5.41, 5.74) is 6.72. The van der Waals surface area contributed by atoms with Crippen LogP contribution in [0.3, 0.4) is 0 Å². The van der Waals surface area contributed by atoms with E-state index in [0.29, 0.717) is 30.9 Å². The molecule has 7 nitrogen and oxygen atoms in total. The van der Waals surface area contributed by atoms with Gasteiger partial charge in [-0.1, -0.05) is 19.9 Å². The van der Waals surface area contributed by atoms with Crippen LogP contribution in [0.1, 0.15) is 48.7 Å². The standard InChI is InChI=1S/C18H23N5O2/c1-12(2)17-14(10-21-23(17)16-5-3-4-7-20-16)18(25)22-8-6-13(11-22)9-15(19)24/h3-5,7,10,12-13H,6,8-9,11H2,1-2H3,(H2,19,24). The van der Waals surface area contributed by atoms with Gasteiger partial charge in [-0.3, -0.25) is 9.59 Å². The van der Waals surface area contributed by atoms with Crippen molar-refractivity contribution in [2.24, 2.45) is 11.7 Å². The number of nitrogens with zero attached hydrogens (tertiary/aromatic N) is 4. The second-order valence-corrected chi connectivity index (χ2v) is 6.77. The maximum absolute atomic E-state index is 13.0. The quantitative estimate of drug-likeness (QED) is 0.896. The minimum absolute atomic E-state index is 0.0437. The summed E-state index contributed by atoms with van der Waals surface area (Å²) in [6.07, 6.45) is 4.46. The highest BCUT2D eigenvalue weighted by molar-refractivity contribution is 5.95. The molecule has 1 aliphatic rings. The molecule has 3 rings (SSSR count). The summed E-state index contributed by atoms with van der Waals surface area (Å²) >= 11 is 0. The Morgan fingerprint density at radius 1 is 1.36 bits per heavy atom. The molecule has 2 amide bonds. The van der Waals surface area contributed by atoms with Crippen LogP contribution in [0.15, 0.2) is 30.6 Å². The Kier molecular flexibility index (Phi) is 4.83. The van der Waals surface area contributed by atoms with Crippen LogP contribution in [-0.2, 0) is 4.79 Å². The van der Waals surface area contributed by atoms with E-state index in [-0.39, 0.29) is 23.7 Å². The molecule has 2 aromatic heterocycles. The third-order valence-corrected chi connectivity index (χ3v) is 4.51. The molecule has 7 heteroatoms. The van der Waals surface area contributed by atoms with E-state index in [2.05, 4.69) is 10.1 Å². The summed E-state index contributed by atoms with van der Waals surface area (Å²) in [7, 11) is 0. The molecule has 2 aromatic rings. The average Bonchev–Trinajstić information content (AvgIpc) is 3.21. The third kappa shape index (κ3) is 3.55. The van der Waals surface area contributed by atoms with E-state index in [1.54, 1.807) is 22.0 Å². The molecular formula is C18H23N5O2. The van der Waals surface area contributed by atoms with E-state index in [4.69, 9.17) is 5.73 Å². The molecule has 0 aromatic carbocycles. The number of pyridine rings is 1. The molecule has 1 atom stereocenters. The fourth-order valence-electron chi connectivity index (χ4n) is 3.38. The molecule has 0 aliphatic carbocycles. The molecule has 1 unspecified atom stereocenters. The van der Waals surface area contributed by atoms with Crippen molar-refractivity contribution in [3.05, 3.63) is 41.9 Å². The molecule has 1 saturated heterocycles. The van der Waals surface area contributed by atoms with Crippen molar-refractivity contribution in [2.45, 2.75) is 32.6 Å². The van der Waals surface area contributed by atoms with Crippen molar-refractivity contribution in [1.29, 1.82) is 0 Å². The van der Waals surface area contributed by atoms with E-state index < -0.39 is 0 Å². The first-order chi connectivity index (χ1) is 12.0. The van der Waals surface area contributed by atoms with E-state index >= 15 is 0 Å². The van der Waals surface area contributed by atoms with Gasteiger partial charge < -0.3 is 10.6 Å². The first-order valence-electron chi connectivity index (χ1n) is 8.54. The highest BCUT2D eigenvalue weighted by Gasteiger charge is 2.31. The number of hydrogen-bond acceptors (Lipinski definition) is 4. The number of likely N-dealkylation sites (tertiary alicyclic amines) is 1. The van der Waals surface area contributed by atoms with E-state index in [1.807, 2.05) is 32.0 Å². The van der Waals surface area contributed by atoms with Crippen LogP contribution in [0.5, 0.6) is 0 Å². The highest BCUT2D eigenvalue weighted by Crippen LogP contribution is 2.26. The minimum atomic E-state index is -0.315. The number of amides is 2. The lowest BCUT2D eigenvalue weighted by molar-refractivity contribution is -0.118. The molecule has 0 saturated carbocycles. The Morgan fingerprint density at radius 2 is 2.16 bits per heavy atom. The SMILES string of the molecule is CC(C)c1c(C(=O)N2CCC(CC(N)=O)C2)cnn1-c1ccccn1. The van der Waals surface area contributed by atoms with Crippen molar-refractivity contribution in [1.82, 2.24) is 19.7 Å². The Hall–Kier alpha value is -2.70. The highest BCUT2D eigenvalue weighted by atomic mass is 16.2. The normalized spacial score (nSPS) is 17.2. The van der Waals surface area contributed by atoms with Crippen LogP contribution >= 0.6 is 0 Å². The molecule has 1 aliphatic heterocycles. The fourth-order valence-corrected chi connectivity index (χ4v) is 3.38. The average molecular weight is 341 g/mol. The Bertz CT molecular complexity index is 769. The maximum atomic E-state index is 13.0. The molecule has 25 heavy (non-hydrogen) atoms. The van der Waals surface area contributed by atoms with Gasteiger partial charge in [0.05, 0.1) is 17.5 Å². The lowest BCUT2D eigenvalue weighted by Gasteiger charge is -2.18. The first-order valence-corrected chi connectivity index (χ1v) is 8.54. The second kappa shape index (κ2) is 7.04. The molecule has 3 heterocycles. The lowest BCUT2D eigenvalue weighted by atomic mass is 10.0. The van der Waals surface area contributed by atoms with Gasteiger partial charge in [-0.2, -0.15) is 5.10 Å². The van der Waals surface area contributed by atoms with Gasteiger partial charge in [0.2, 0.25) is 5.91 Å². The summed E-state index contributed by atoms with van der Waals surface area (Å²) in [5.74, 6) is 0.600. The summed E-state index contributed by atoms with van der Waals surface area (Å²) in [6.45, 7) is 5.28. The molecule has 2 N–H and O–H groups in total. The number of carbonyl (C=O) groups is 2. The zero-order valence-corrected chi connectivity index (χ0v) is 14.6. The van der Waals surface area contributed by atoms with Gasteiger partial charge in [-0.25, -0.2) is 9.67 Å². The molecule has 132 valence electrons. The van der Waals surface area contributed by atoms with Gasteiger partial charge in [0.25, 0.3) is 5.91 Å². The predicted octanol–water partition coefficient (Wildman–Crippen LogP) is 1.73. The molecular weight excluding hydrogens is 318 g/mol. The number of nitrogens with two attached hydrogens (primary N) is 1. The van der Waals surface area contributed by atoms with Crippen LogP contribution < -0.4 is 5.73 Å². The van der Waals surface area contributed by atoms with Crippen LogP contribution in [0.2, 0.25) is 0 Å². The van der Waals surface area contributed by atoms with Crippen LogP contribution in [0.4, 0.5) is 0 Å². The summed E-state index contributed by atoms with van der Waals surface area (Å²) in [5, 5.41) is 4.40. The fraction of sp³-hybridized carbons (Fsp3) is 0.444. The van der Waals surface area contributed by atoms with Crippen LogP contribution in [0.25, 0.3) is 5.82 Å². The lowest BCUT2D eigenvalue weighted by Crippen LogP contribution is -2.30. The Morgan fingerprint density at radius 3 is 2.80 bits per heavy atom. The van der Waals surface area contributed by atoms with Gasteiger partial charge in [0, 0.05) is 25.7 Å². The molecule has 1 fully saturated rings. The Labute approximate surface area is 146 Å². The van der Waals surface area contributed by atoms with E-state index in [0.717, 1.165) is 12.1 Å². The van der Waals surface area contributed by atoms with Gasteiger partial charge >= 0.3 is 0 Å². The number of primary amides is 1. The second-order valence-electron chi connectivity index (χ2n) is 6.77. The predicted molar refractivity (Wildman–Crippen MR) is 93.3 cm³/mol. The number of aromatic nitrogens is 3. The smallest absolute Gasteiger partial charge is 0.257 e. The summed E-state index contributed by atoms with van der Waals surface area (Å²) in [6, 6.07) is 5.60. The summed E-state index contributed by atoms with van der Waals surface area (Å²) < 4.78 is 1.73. The molecule has 0 spiro atoms. The van der Waals surface area contributed by atoms with Gasteiger partial charge in [-0.15, -0.1) is 0 Å². The van der Waals surface area contributed by atoms with E-state index in [1.165, 1.54) is 0 Å². The van der Waals surface area contributed by atoms with Crippen LogP contribution in [-0.4, -0.2) is 44.6 Å². The molecule has 0 radical (unpaired) electrons. The van der Waals surface area contributed by atoms with E-state index in [9.17, 15) is 9.59 Å². The monoisotopic (exact) mass is 341 g/mol. The zero-order chi connectivity index (χ0) is 18.0. The van der Waals surface area contributed by atoms with Gasteiger partial charge in [0.1, 0.15) is 0 Å². The van der Waals surface area contributed by atoms with Gasteiger partial charge in [0.15, 0.2) is 5.82 Å². The number of rotatable bonds is 5. The third-order valence-electron chi connectivity index (χ3n) is 4.51. The largest absolute Gasteiger partial charge is 0.370 e. The molecule has 0 bridgehead atoms. The maximum Gasteiger partial charge on any atom is 0.257 e. The first kappa shape index (κ1) is 17.1. The van der Waals surface area contributed by atoms with Crippen molar-refractivity contribution in [3.63, 3.8) is 0 Å². The van der Waals surface area contributed by atoms with Crippen molar-refractivity contribution in [3.8, 4) is 5.82 Å². The van der Waals surface area contributed by atoms with Crippen molar-refractivity contribution in [2.75, 3.05) is 13.1 Å². The number of carbonyl (C=O) groups excluding carboxylic acids is 2. The van der Waals surface area contributed by atoms with Crippen LogP contribution in [0, 0.1) is 5.92 Å². The zero-order valence-electron chi connectivity index (χ0n) is 14.6. The minimum Gasteiger partial charge on any atom is -0.370 e. The number of hydrogen-bond donors (Lipinski definition) is 1. The van der Waals surface area contributed by atoms with Crippen molar-refractivity contribution < 1.29 is 9.59 Å². The Balaban J connectivity index is 1.86. The van der Waals surface area contributed by atoms with Gasteiger partial charge in [-0.05, 0) is 30.4 Å². The summed E-state index contributed by atoms with van der Waals surface area (Å²) in [4.78, 5) is 30.2. The van der Waals surface area contributed by atoms with Crippen molar-refractivity contribution >= 4 is 11.8 Å².